The number of rotatable bonds is 6. The molecule has 0 aliphatic carbocycles. The van der Waals surface area contributed by atoms with Crippen LogP contribution in [0.5, 0.6) is 5.75 Å². The summed E-state index contributed by atoms with van der Waals surface area (Å²) in [4.78, 5) is 15.7. The highest BCUT2D eigenvalue weighted by atomic mass is 16.5. The van der Waals surface area contributed by atoms with E-state index >= 15 is 0 Å². The second-order valence-electron chi connectivity index (χ2n) is 7.02. The topological polar surface area (TPSA) is 67.5 Å². The van der Waals surface area contributed by atoms with Gasteiger partial charge in [0.2, 0.25) is 0 Å². The molecule has 0 spiro atoms. The van der Waals surface area contributed by atoms with Crippen molar-refractivity contribution in [1.29, 1.82) is 5.26 Å². The van der Waals surface area contributed by atoms with Crippen LogP contribution in [-0.2, 0) is 11.3 Å². The number of nitriles is 1. The molecular formula is C23H23N3O3. The second-order valence-corrected chi connectivity index (χ2v) is 7.02. The monoisotopic (exact) mass is 389 g/mol. The van der Waals surface area contributed by atoms with Crippen LogP contribution in [0.2, 0.25) is 0 Å². The molecule has 0 unspecified atom stereocenters. The Hall–Kier alpha value is -3.14. The van der Waals surface area contributed by atoms with E-state index in [-0.39, 0.29) is 5.78 Å². The number of nitrogens with zero attached hydrogens (tertiary/aromatic N) is 3. The van der Waals surface area contributed by atoms with E-state index in [4.69, 9.17) is 9.47 Å². The zero-order valence-electron chi connectivity index (χ0n) is 16.4. The molecule has 148 valence electrons. The zero-order chi connectivity index (χ0) is 20.2. The van der Waals surface area contributed by atoms with E-state index in [0.29, 0.717) is 29.1 Å². The third kappa shape index (κ3) is 3.75. The molecule has 29 heavy (non-hydrogen) atoms. The summed E-state index contributed by atoms with van der Waals surface area (Å²) in [6.45, 7) is 4.71. The SMILES string of the molecule is COc1ccc(C(=O)c2c(C#N)n(CCN3CCOCC3)c3ccccc23)cc1. The van der Waals surface area contributed by atoms with E-state index in [0.717, 1.165) is 43.8 Å². The van der Waals surface area contributed by atoms with Crippen LogP contribution in [0.3, 0.4) is 0 Å². The van der Waals surface area contributed by atoms with Crippen molar-refractivity contribution in [3.8, 4) is 11.8 Å². The molecule has 0 amide bonds. The highest BCUT2D eigenvalue weighted by Gasteiger charge is 2.24. The Kier molecular flexibility index (Phi) is 5.61. The first-order chi connectivity index (χ1) is 14.2. The average molecular weight is 389 g/mol. The van der Waals surface area contributed by atoms with Crippen LogP contribution < -0.4 is 4.74 Å². The lowest BCUT2D eigenvalue weighted by atomic mass is 10.0. The van der Waals surface area contributed by atoms with Crippen LogP contribution in [0.1, 0.15) is 21.6 Å². The minimum atomic E-state index is -0.148. The fraction of sp³-hybridized carbons (Fsp3) is 0.304. The highest BCUT2D eigenvalue weighted by molar-refractivity contribution is 6.18. The van der Waals surface area contributed by atoms with Gasteiger partial charge in [0.25, 0.3) is 0 Å². The van der Waals surface area contributed by atoms with Crippen molar-refractivity contribution in [3.63, 3.8) is 0 Å². The maximum absolute atomic E-state index is 13.3. The Morgan fingerprint density at radius 2 is 1.83 bits per heavy atom. The quantitative estimate of drug-likeness (QED) is 0.606. The summed E-state index contributed by atoms with van der Waals surface area (Å²) in [5, 5.41) is 10.8. The minimum absolute atomic E-state index is 0.148. The molecule has 1 fully saturated rings. The van der Waals surface area contributed by atoms with Crippen LogP contribution >= 0.6 is 0 Å². The molecule has 1 aliphatic heterocycles. The van der Waals surface area contributed by atoms with Gasteiger partial charge in [0.05, 0.1) is 25.9 Å². The van der Waals surface area contributed by atoms with Crippen LogP contribution in [0.25, 0.3) is 10.9 Å². The first-order valence-electron chi connectivity index (χ1n) is 9.73. The third-order valence-corrected chi connectivity index (χ3v) is 5.40. The Bertz CT molecular complexity index is 1060. The molecule has 2 heterocycles. The van der Waals surface area contributed by atoms with Crippen molar-refractivity contribution < 1.29 is 14.3 Å². The zero-order valence-corrected chi connectivity index (χ0v) is 16.4. The molecule has 1 saturated heterocycles. The van der Waals surface area contributed by atoms with Crippen molar-refractivity contribution in [2.45, 2.75) is 6.54 Å². The summed E-state index contributed by atoms with van der Waals surface area (Å²) in [6.07, 6.45) is 0. The molecule has 0 bridgehead atoms. The van der Waals surface area contributed by atoms with Gasteiger partial charge in [-0.05, 0) is 30.3 Å². The van der Waals surface area contributed by atoms with Gasteiger partial charge in [0, 0.05) is 42.6 Å². The molecule has 0 atom stereocenters. The van der Waals surface area contributed by atoms with E-state index in [1.165, 1.54) is 0 Å². The van der Waals surface area contributed by atoms with Crippen LogP contribution in [0.15, 0.2) is 48.5 Å². The number of ketones is 1. The summed E-state index contributed by atoms with van der Waals surface area (Å²) in [5.41, 5.74) is 2.34. The molecule has 2 aromatic carbocycles. The largest absolute Gasteiger partial charge is 0.497 e. The van der Waals surface area contributed by atoms with Gasteiger partial charge in [0.1, 0.15) is 17.5 Å². The van der Waals surface area contributed by atoms with E-state index in [1.807, 2.05) is 28.8 Å². The summed E-state index contributed by atoms with van der Waals surface area (Å²) in [6, 6.07) is 17.0. The Balaban J connectivity index is 1.73. The number of benzene rings is 2. The fourth-order valence-corrected chi connectivity index (χ4v) is 3.83. The number of fused-ring (bicyclic) bond motifs is 1. The maximum Gasteiger partial charge on any atom is 0.196 e. The van der Waals surface area contributed by atoms with Crippen molar-refractivity contribution in [2.75, 3.05) is 40.0 Å². The van der Waals surface area contributed by atoms with Crippen molar-refractivity contribution in [1.82, 2.24) is 9.47 Å². The molecule has 0 N–H and O–H groups in total. The van der Waals surface area contributed by atoms with E-state index in [1.54, 1.807) is 31.4 Å². The Labute approximate surface area is 169 Å². The lowest BCUT2D eigenvalue weighted by Gasteiger charge is -2.26. The van der Waals surface area contributed by atoms with E-state index in [2.05, 4.69) is 11.0 Å². The van der Waals surface area contributed by atoms with Gasteiger partial charge in [0.15, 0.2) is 5.78 Å². The standard InChI is InChI=1S/C23H23N3O3/c1-28-18-8-6-17(7-9-18)23(27)22-19-4-2-3-5-20(19)26(21(22)16-24)11-10-25-12-14-29-15-13-25/h2-9H,10-15H2,1H3. The number of hydrogen-bond acceptors (Lipinski definition) is 5. The van der Waals surface area contributed by atoms with Crippen molar-refractivity contribution in [2.24, 2.45) is 0 Å². The van der Waals surface area contributed by atoms with Crippen LogP contribution in [0, 0.1) is 11.3 Å². The van der Waals surface area contributed by atoms with Gasteiger partial charge in [-0.25, -0.2) is 0 Å². The van der Waals surface area contributed by atoms with Crippen LogP contribution in [-0.4, -0.2) is 55.2 Å². The van der Waals surface area contributed by atoms with Gasteiger partial charge < -0.3 is 14.0 Å². The normalized spacial score (nSPS) is 14.6. The number of carbonyl (C=O) groups is 1. The van der Waals surface area contributed by atoms with Gasteiger partial charge in [-0.2, -0.15) is 5.26 Å². The molecule has 6 nitrogen and oxygen atoms in total. The predicted molar refractivity (Wildman–Crippen MR) is 110 cm³/mol. The number of para-hydroxylation sites is 1. The number of ether oxygens (including phenoxy) is 2. The van der Waals surface area contributed by atoms with Crippen molar-refractivity contribution in [3.05, 3.63) is 65.4 Å². The minimum Gasteiger partial charge on any atom is -0.497 e. The van der Waals surface area contributed by atoms with E-state index in [9.17, 15) is 10.1 Å². The molecule has 1 aliphatic rings. The molecule has 4 rings (SSSR count). The number of aromatic nitrogens is 1. The molecule has 0 saturated carbocycles. The number of methoxy groups -OCH3 is 1. The molecule has 6 heteroatoms. The summed E-state index contributed by atoms with van der Waals surface area (Å²) in [7, 11) is 1.59. The predicted octanol–water partition coefficient (Wildman–Crippen LogP) is 3.08. The third-order valence-electron chi connectivity index (χ3n) is 5.40. The molecule has 1 aromatic heterocycles. The summed E-state index contributed by atoms with van der Waals surface area (Å²) in [5.74, 6) is 0.542. The summed E-state index contributed by atoms with van der Waals surface area (Å²) < 4.78 is 12.6. The molecular weight excluding hydrogens is 366 g/mol. The molecule has 0 radical (unpaired) electrons. The Morgan fingerprint density at radius 1 is 1.10 bits per heavy atom. The van der Waals surface area contributed by atoms with Gasteiger partial charge in [-0.3, -0.25) is 9.69 Å². The number of hydrogen-bond donors (Lipinski definition) is 0. The van der Waals surface area contributed by atoms with Gasteiger partial charge in [-0.1, -0.05) is 18.2 Å². The lowest BCUT2D eigenvalue weighted by Crippen LogP contribution is -2.38. The lowest BCUT2D eigenvalue weighted by molar-refractivity contribution is 0.0365. The smallest absolute Gasteiger partial charge is 0.196 e. The van der Waals surface area contributed by atoms with Gasteiger partial charge in [-0.15, -0.1) is 0 Å². The second kappa shape index (κ2) is 8.48. The number of morpholine rings is 1. The first kappa shape index (κ1) is 19.2. The fourth-order valence-electron chi connectivity index (χ4n) is 3.83. The number of carbonyl (C=O) groups excluding carboxylic acids is 1. The van der Waals surface area contributed by atoms with Gasteiger partial charge >= 0.3 is 0 Å². The average Bonchev–Trinajstić information content (AvgIpc) is 3.11. The maximum atomic E-state index is 13.3. The highest BCUT2D eigenvalue weighted by Crippen LogP contribution is 2.29. The Morgan fingerprint density at radius 3 is 2.52 bits per heavy atom. The van der Waals surface area contributed by atoms with E-state index < -0.39 is 0 Å². The first-order valence-corrected chi connectivity index (χ1v) is 9.73. The molecule has 3 aromatic rings. The summed E-state index contributed by atoms with van der Waals surface area (Å²) >= 11 is 0. The van der Waals surface area contributed by atoms with Crippen molar-refractivity contribution >= 4 is 16.7 Å². The van der Waals surface area contributed by atoms with Crippen LogP contribution in [0.4, 0.5) is 0 Å².